The van der Waals surface area contributed by atoms with Crippen LogP contribution in [0.25, 0.3) is 22.6 Å². The van der Waals surface area contributed by atoms with Crippen molar-refractivity contribution in [3.05, 3.63) is 66.1 Å². The summed E-state index contributed by atoms with van der Waals surface area (Å²) in [5, 5.41) is 9.19. The van der Waals surface area contributed by atoms with Crippen LogP contribution in [-0.2, 0) is 6.54 Å². The van der Waals surface area contributed by atoms with Gasteiger partial charge in [0.05, 0.1) is 5.69 Å². The Bertz CT molecular complexity index is 902. The molecule has 0 spiro atoms. The van der Waals surface area contributed by atoms with Crippen molar-refractivity contribution in [3.63, 3.8) is 0 Å². The van der Waals surface area contributed by atoms with Gasteiger partial charge in [0, 0.05) is 24.8 Å². The number of benzene rings is 2. The van der Waals surface area contributed by atoms with Crippen molar-refractivity contribution >= 4 is 0 Å². The number of likely N-dealkylation sites (tertiary alicyclic amines) is 1. The second-order valence-corrected chi connectivity index (χ2v) is 7.95. The second kappa shape index (κ2) is 9.38. The fourth-order valence-electron chi connectivity index (χ4n) is 4.25. The molecule has 4 nitrogen and oxygen atoms in total. The molecule has 1 aromatic heterocycles. The number of aryl methyl sites for hydroxylation is 1. The van der Waals surface area contributed by atoms with Crippen LogP contribution < -0.4 is 0 Å². The van der Waals surface area contributed by atoms with Crippen LogP contribution in [0.2, 0.25) is 0 Å². The molecule has 1 fully saturated rings. The van der Waals surface area contributed by atoms with E-state index in [-0.39, 0.29) is 6.61 Å². The van der Waals surface area contributed by atoms with Gasteiger partial charge < -0.3 is 9.52 Å². The predicted octanol–water partition coefficient (Wildman–Crippen LogP) is 5.44. The maximum Gasteiger partial charge on any atom is 0.226 e. The quantitative estimate of drug-likeness (QED) is 0.583. The second-order valence-electron chi connectivity index (χ2n) is 7.95. The lowest BCUT2D eigenvalue weighted by atomic mass is 9.98. The van der Waals surface area contributed by atoms with Crippen LogP contribution >= 0.6 is 0 Å². The molecule has 152 valence electrons. The molecule has 1 N–H and O–H groups in total. The molecule has 0 radical (unpaired) electrons. The molecule has 2 aromatic carbocycles. The Morgan fingerprint density at radius 1 is 1.00 bits per heavy atom. The van der Waals surface area contributed by atoms with Gasteiger partial charge in [0.25, 0.3) is 0 Å². The summed E-state index contributed by atoms with van der Waals surface area (Å²) in [5.74, 6) is 1.60. The third kappa shape index (κ3) is 4.77. The summed E-state index contributed by atoms with van der Waals surface area (Å²) in [7, 11) is 0. The number of nitrogens with zero attached hydrogens (tertiary/aromatic N) is 2. The number of aliphatic hydroxyl groups excluding tert-OH is 1. The maximum absolute atomic E-state index is 9.19. The molecule has 0 aliphatic carbocycles. The fraction of sp³-hybridized carbons (Fsp3) is 0.400. The summed E-state index contributed by atoms with van der Waals surface area (Å²) in [5.41, 5.74) is 4.44. The fourth-order valence-corrected chi connectivity index (χ4v) is 4.25. The first-order valence-electron chi connectivity index (χ1n) is 10.7. The van der Waals surface area contributed by atoms with E-state index < -0.39 is 0 Å². The third-order valence-corrected chi connectivity index (χ3v) is 5.93. The van der Waals surface area contributed by atoms with E-state index in [1.807, 2.05) is 13.0 Å². The molecule has 4 rings (SSSR count). The third-order valence-electron chi connectivity index (χ3n) is 5.93. The number of hydrogen-bond donors (Lipinski definition) is 1. The molecule has 1 aliphatic heterocycles. The standard InChI is InChI=1S/C25H30N2O2/c1-19-24(18-27-16-6-5-10-23(27)11-7-17-28)26-25(29-19)22-14-12-21(13-15-22)20-8-3-2-4-9-20/h2-4,8-9,12-15,23,28H,5-7,10-11,16-18H2,1H3/t23-/m1/s1. The van der Waals surface area contributed by atoms with Crippen LogP contribution in [0, 0.1) is 6.92 Å². The number of aromatic nitrogens is 1. The highest BCUT2D eigenvalue weighted by Gasteiger charge is 2.24. The Morgan fingerprint density at radius 2 is 1.72 bits per heavy atom. The van der Waals surface area contributed by atoms with E-state index in [0.29, 0.717) is 11.9 Å². The number of hydrogen-bond acceptors (Lipinski definition) is 4. The monoisotopic (exact) mass is 390 g/mol. The Hall–Kier alpha value is -2.43. The lowest BCUT2D eigenvalue weighted by Gasteiger charge is -2.35. The van der Waals surface area contributed by atoms with Crippen LogP contribution in [0.1, 0.15) is 43.6 Å². The smallest absolute Gasteiger partial charge is 0.226 e. The first-order valence-corrected chi connectivity index (χ1v) is 10.7. The van der Waals surface area contributed by atoms with E-state index >= 15 is 0 Å². The molecule has 29 heavy (non-hydrogen) atoms. The van der Waals surface area contributed by atoms with Gasteiger partial charge in [-0.2, -0.15) is 0 Å². The molecular formula is C25H30N2O2. The molecular weight excluding hydrogens is 360 g/mol. The van der Waals surface area contributed by atoms with Crippen molar-refractivity contribution in [1.82, 2.24) is 9.88 Å². The average Bonchev–Trinajstić information content (AvgIpc) is 3.14. The van der Waals surface area contributed by atoms with Gasteiger partial charge in [0.1, 0.15) is 5.76 Å². The molecule has 0 saturated carbocycles. The van der Waals surface area contributed by atoms with Crippen LogP contribution in [0.15, 0.2) is 59.0 Å². The van der Waals surface area contributed by atoms with Gasteiger partial charge in [-0.15, -0.1) is 0 Å². The van der Waals surface area contributed by atoms with Crippen molar-refractivity contribution in [1.29, 1.82) is 0 Å². The van der Waals surface area contributed by atoms with E-state index in [4.69, 9.17) is 9.40 Å². The van der Waals surface area contributed by atoms with Gasteiger partial charge in [-0.25, -0.2) is 4.98 Å². The lowest BCUT2D eigenvalue weighted by Crippen LogP contribution is -2.39. The predicted molar refractivity (Wildman–Crippen MR) is 116 cm³/mol. The first kappa shape index (κ1) is 19.9. The van der Waals surface area contributed by atoms with Crippen molar-refractivity contribution in [2.75, 3.05) is 13.2 Å². The van der Waals surface area contributed by atoms with Crippen molar-refractivity contribution in [2.24, 2.45) is 0 Å². The Balaban J connectivity index is 1.49. The normalized spacial score (nSPS) is 17.5. The van der Waals surface area contributed by atoms with Gasteiger partial charge in [-0.1, -0.05) is 48.9 Å². The minimum atomic E-state index is 0.274. The highest BCUT2D eigenvalue weighted by atomic mass is 16.4. The zero-order valence-electron chi connectivity index (χ0n) is 17.2. The zero-order valence-corrected chi connectivity index (χ0v) is 17.2. The number of rotatable bonds is 7. The van der Waals surface area contributed by atoms with Crippen molar-refractivity contribution in [3.8, 4) is 22.6 Å². The molecule has 3 aromatic rings. The largest absolute Gasteiger partial charge is 0.441 e. The van der Waals surface area contributed by atoms with Crippen molar-refractivity contribution < 1.29 is 9.52 Å². The van der Waals surface area contributed by atoms with Crippen molar-refractivity contribution in [2.45, 2.75) is 51.6 Å². The number of oxazole rings is 1. The Kier molecular flexibility index (Phi) is 6.43. The lowest BCUT2D eigenvalue weighted by molar-refractivity contribution is 0.122. The molecule has 0 bridgehead atoms. The van der Waals surface area contributed by atoms with E-state index in [0.717, 1.165) is 42.9 Å². The highest BCUT2D eigenvalue weighted by molar-refractivity contribution is 5.67. The van der Waals surface area contributed by atoms with Crippen LogP contribution in [0.5, 0.6) is 0 Å². The van der Waals surface area contributed by atoms with E-state index in [2.05, 4.69) is 53.4 Å². The summed E-state index contributed by atoms with van der Waals surface area (Å²) in [6, 6.07) is 19.3. The molecule has 0 unspecified atom stereocenters. The summed E-state index contributed by atoms with van der Waals surface area (Å²) in [4.78, 5) is 7.35. The van der Waals surface area contributed by atoms with E-state index in [1.165, 1.54) is 30.4 Å². The summed E-state index contributed by atoms with van der Waals surface area (Å²) >= 11 is 0. The van der Waals surface area contributed by atoms with Crippen LogP contribution in [0.3, 0.4) is 0 Å². The van der Waals surface area contributed by atoms with Gasteiger partial charge in [0.15, 0.2) is 0 Å². The summed E-state index contributed by atoms with van der Waals surface area (Å²) in [6.07, 6.45) is 5.66. The van der Waals surface area contributed by atoms with Crippen LogP contribution in [0.4, 0.5) is 0 Å². The van der Waals surface area contributed by atoms with Gasteiger partial charge in [-0.05, 0) is 62.4 Å². The molecule has 1 aliphatic rings. The van der Waals surface area contributed by atoms with Gasteiger partial charge >= 0.3 is 0 Å². The van der Waals surface area contributed by atoms with Gasteiger partial charge in [0.2, 0.25) is 5.89 Å². The SMILES string of the molecule is Cc1oc(-c2ccc(-c3ccccc3)cc2)nc1CN1CCCC[C@@H]1CCCO. The Labute approximate surface area is 173 Å². The minimum absolute atomic E-state index is 0.274. The maximum atomic E-state index is 9.19. The van der Waals surface area contributed by atoms with Crippen LogP contribution in [-0.4, -0.2) is 34.2 Å². The minimum Gasteiger partial charge on any atom is -0.441 e. The number of piperidine rings is 1. The zero-order chi connectivity index (χ0) is 20.1. The molecule has 1 saturated heterocycles. The molecule has 4 heteroatoms. The van der Waals surface area contributed by atoms with E-state index in [1.54, 1.807) is 0 Å². The van der Waals surface area contributed by atoms with E-state index in [9.17, 15) is 5.11 Å². The molecule has 2 heterocycles. The topological polar surface area (TPSA) is 49.5 Å². The first-order chi connectivity index (χ1) is 14.2. The average molecular weight is 391 g/mol. The highest BCUT2D eigenvalue weighted by Crippen LogP contribution is 2.28. The van der Waals surface area contributed by atoms with Gasteiger partial charge in [-0.3, -0.25) is 4.90 Å². The summed E-state index contributed by atoms with van der Waals surface area (Å²) < 4.78 is 6.03. The molecule has 0 amide bonds. The molecule has 1 atom stereocenters. The summed E-state index contributed by atoms with van der Waals surface area (Å²) in [6.45, 7) is 4.21. The number of aliphatic hydroxyl groups is 1. The Morgan fingerprint density at radius 3 is 2.48 bits per heavy atom.